The Morgan fingerprint density at radius 2 is 1.67 bits per heavy atom. The van der Waals surface area contributed by atoms with Gasteiger partial charge in [0.2, 0.25) is 0 Å². The Bertz CT molecular complexity index is 107. The Hall–Kier alpha value is -0.123. The minimum Gasteiger partial charge on any atom is -0.299 e. The molecule has 0 rings (SSSR count). The van der Waals surface area contributed by atoms with Crippen molar-refractivity contribution in [3.63, 3.8) is 0 Å². The lowest BCUT2D eigenvalue weighted by atomic mass is 10.4. The summed E-state index contributed by atoms with van der Waals surface area (Å²) in [4.78, 5) is 0. The van der Waals surface area contributed by atoms with E-state index in [9.17, 15) is 0 Å². The maximum Gasteiger partial charge on any atom is 0.0760 e. The minimum absolute atomic E-state index is 0.391. The summed E-state index contributed by atoms with van der Waals surface area (Å²) in [6.45, 7) is 6.56. The van der Waals surface area contributed by atoms with E-state index in [2.05, 4.69) is 36.3 Å². The van der Waals surface area contributed by atoms with Crippen LogP contribution in [0.3, 0.4) is 0 Å². The van der Waals surface area contributed by atoms with Crippen molar-refractivity contribution in [2.24, 2.45) is 0 Å². The Balaban J connectivity index is 3.54. The van der Waals surface area contributed by atoms with E-state index < -0.39 is 0 Å². The Morgan fingerprint density at radius 3 is 2.00 bits per heavy atom. The fourth-order valence-corrected chi connectivity index (χ4v) is 1.39. The van der Waals surface area contributed by atoms with E-state index in [0.717, 1.165) is 23.3 Å². The molecule has 0 bridgehead atoms. The molecule has 0 saturated heterocycles. The summed E-state index contributed by atoms with van der Waals surface area (Å²) in [6.07, 6.45) is 5.00. The van der Waals surface area contributed by atoms with E-state index in [1.165, 1.54) is 12.8 Å². The van der Waals surface area contributed by atoms with Gasteiger partial charge in [-0.05, 0) is 25.9 Å². The lowest BCUT2D eigenvalue weighted by molar-refractivity contribution is 0.491. The molecule has 0 aliphatic heterocycles. The summed E-state index contributed by atoms with van der Waals surface area (Å²) >= 11 is 0. The number of hydrogen-bond donors (Lipinski definition) is 2. The summed E-state index contributed by atoms with van der Waals surface area (Å²) in [5.41, 5.74) is 2.22. The zero-order chi connectivity index (χ0) is 9.23. The van der Waals surface area contributed by atoms with Gasteiger partial charge in [-0.25, -0.2) is 0 Å². The second-order valence-corrected chi connectivity index (χ2v) is 3.58. The van der Waals surface area contributed by atoms with Gasteiger partial charge in [0.15, 0.2) is 0 Å². The SMILES string of the molecule is CCCNC(C=C[SiH3])NCCC. The highest BCUT2D eigenvalue weighted by molar-refractivity contribution is 6.17. The maximum absolute atomic E-state index is 3.43. The fraction of sp³-hybridized carbons (Fsp3) is 0.778. The van der Waals surface area contributed by atoms with Gasteiger partial charge in [0, 0.05) is 10.2 Å². The maximum atomic E-state index is 3.43. The van der Waals surface area contributed by atoms with Crippen LogP contribution in [0.15, 0.2) is 11.8 Å². The molecule has 0 aromatic heterocycles. The first-order valence-corrected chi connectivity index (χ1v) is 6.10. The van der Waals surface area contributed by atoms with E-state index in [-0.39, 0.29) is 0 Å². The summed E-state index contributed by atoms with van der Waals surface area (Å²) in [6, 6.07) is 0. The first-order chi connectivity index (χ1) is 5.85. The van der Waals surface area contributed by atoms with Crippen LogP contribution in [0, 0.1) is 0 Å². The molecule has 0 fully saturated rings. The third-order valence-corrected chi connectivity index (χ3v) is 2.00. The van der Waals surface area contributed by atoms with Crippen molar-refractivity contribution in [1.82, 2.24) is 10.6 Å². The quantitative estimate of drug-likeness (QED) is 0.438. The van der Waals surface area contributed by atoms with Crippen molar-refractivity contribution in [1.29, 1.82) is 0 Å². The monoisotopic (exact) mass is 186 g/mol. The Labute approximate surface area is 79.2 Å². The predicted octanol–water partition coefficient (Wildman–Crippen LogP) is 0.191. The van der Waals surface area contributed by atoms with Gasteiger partial charge in [0.05, 0.1) is 6.17 Å². The van der Waals surface area contributed by atoms with Crippen LogP contribution >= 0.6 is 0 Å². The number of nitrogens with one attached hydrogen (secondary N) is 2. The van der Waals surface area contributed by atoms with Gasteiger partial charge in [-0.15, -0.1) is 5.70 Å². The van der Waals surface area contributed by atoms with Crippen molar-refractivity contribution < 1.29 is 0 Å². The highest BCUT2D eigenvalue weighted by Gasteiger charge is 1.98. The second kappa shape index (κ2) is 8.97. The number of rotatable bonds is 7. The Morgan fingerprint density at radius 1 is 1.17 bits per heavy atom. The average Bonchev–Trinajstić information content (AvgIpc) is 2.10. The molecule has 0 aromatic rings. The smallest absolute Gasteiger partial charge is 0.0760 e. The summed E-state index contributed by atoms with van der Waals surface area (Å²) in [7, 11) is 1.14. The molecule has 3 heteroatoms. The van der Waals surface area contributed by atoms with E-state index in [4.69, 9.17) is 0 Å². The molecule has 72 valence electrons. The molecular formula is C9H22N2Si. The van der Waals surface area contributed by atoms with E-state index in [0.29, 0.717) is 6.17 Å². The van der Waals surface area contributed by atoms with Crippen LogP contribution in [0.2, 0.25) is 0 Å². The molecule has 0 atom stereocenters. The van der Waals surface area contributed by atoms with Crippen molar-refractivity contribution in [3.05, 3.63) is 11.8 Å². The zero-order valence-corrected chi connectivity index (χ0v) is 10.6. The topological polar surface area (TPSA) is 24.1 Å². The van der Waals surface area contributed by atoms with Crippen LogP contribution in [0.5, 0.6) is 0 Å². The van der Waals surface area contributed by atoms with Gasteiger partial charge >= 0.3 is 0 Å². The largest absolute Gasteiger partial charge is 0.299 e. The van der Waals surface area contributed by atoms with Gasteiger partial charge in [0.1, 0.15) is 0 Å². The van der Waals surface area contributed by atoms with Crippen molar-refractivity contribution in [2.45, 2.75) is 32.9 Å². The highest BCUT2D eigenvalue weighted by atomic mass is 28.1. The fourth-order valence-electron chi connectivity index (χ4n) is 1.00. The molecule has 2 N–H and O–H groups in total. The molecule has 0 radical (unpaired) electrons. The zero-order valence-electron chi connectivity index (χ0n) is 8.56. The second-order valence-electron chi connectivity index (χ2n) is 2.91. The molecule has 0 aromatic carbocycles. The molecule has 0 amide bonds. The standard InChI is InChI=1S/C9H22N2Si/c1-3-6-10-9(5-8-12)11-7-4-2/h5,8-11H,3-4,6-7H2,1-2,12H3. The van der Waals surface area contributed by atoms with Crippen molar-refractivity contribution in [2.75, 3.05) is 13.1 Å². The van der Waals surface area contributed by atoms with Gasteiger partial charge in [-0.3, -0.25) is 10.6 Å². The van der Waals surface area contributed by atoms with Crippen LogP contribution in [0.1, 0.15) is 26.7 Å². The normalized spacial score (nSPS) is 11.9. The van der Waals surface area contributed by atoms with Crippen LogP contribution in [-0.2, 0) is 0 Å². The predicted molar refractivity (Wildman–Crippen MR) is 59.5 cm³/mol. The molecule has 2 nitrogen and oxygen atoms in total. The first-order valence-electron chi connectivity index (χ1n) is 4.94. The van der Waals surface area contributed by atoms with Gasteiger partial charge in [-0.1, -0.05) is 19.9 Å². The molecule has 0 saturated carbocycles. The molecule has 0 aliphatic carbocycles. The van der Waals surface area contributed by atoms with Crippen LogP contribution in [-0.4, -0.2) is 29.5 Å². The lowest BCUT2D eigenvalue weighted by Gasteiger charge is -2.15. The minimum atomic E-state index is 0.391. The van der Waals surface area contributed by atoms with E-state index in [1.54, 1.807) is 0 Å². The van der Waals surface area contributed by atoms with Gasteiger partial charge in [0.25, 0.3) is 0 Å². The highest BCUT2D eigenvalue weighted by Crippen LogP contribution is 1.83. The Kier molecular flexibility index (Phi) is 8.88. The van der Waals surface area contributed by atoms with E-state index >= 15 is 0 Å². The van der Waals surface area contributed by atoms with Gasteiger partial charge < -0.3 is 0 Å². The van der Waals surface area contributed by atoms with Crippen LogP contribution in [0.25, 0.3) is 0 Å². The average molecular weight is 186 g/mol. The lowest BCUT2D eigenvalue weighted by Crippen LogP contribution is -2.41. The molecular weight excluding hydrogens is 164 g/mol. The first kappa shape index (κ1) is 11.9. The number of hydrogen-bond acceptors (Lipinski definition) is 2. The summed E-state index contributed by atoms with van der Waals surface area (Å²) in [5, 5.41) is 6.86. The summed E-state index contributed by atoms with van der Waals surface area (Å²) in [5.74, 6) is 0. The molecule has 0 spiro atoms. The molecule has 12 heavy (non-hydrogen) atoms. The van der Waals surface area contributed by atoms with Crippen molar-refractivity contribution >= 4 is 10.2 Å². The van der Waals surface area contributed by atoms with Crippen molar-refractivity contribution in [3.8, 4) is 0 Å². The third kappa shape index (κ3) is 6.58. The van der Waals surface area contributed by atoms with Crippen LogP contribution in [0.4, 0.5) is 0 Å². The van der Waals surface area contributed by atoms with Gasteiger partial charge in [-0.2, -0.15) is 0 Å². The molecule has 0 unspecified atom stereocenters. The third-order valence-electron chi connectivity index (χ3n) is 1.61. The molecule has 0 heterocycles. The van der Waals surface area contributed by atoms with E-state index in [1.807, 2.05) is 0 Å². The van der Waals surface area contributed by atoms with Crippen LogP contribution < -0.4 is 10.6 Å². The summed E-state index contributed by atoms with van der Waals surface area (Å²) < 4.78 is 0. The molecule has 0 aliphatic rings.